The molecule has 174 valence electrons. The van der Waals surface area contributed by atoms with Crippen molar-refractivity contribution in [1.29, 1.82) is 0 Å². The van der Waals surface area contributed by atoms with Crippen LogP contribution in [0.3, 0.4) is 0 Å². The van der Waals surface area contributed by atoms with Crippen molar-refractivity contribution in [2.45, 2.75) is 56.5 Å². The normalized spacial score (nSPS) is 21.4. The predicted octanol–water partition coefficient (Wildman–Crippen LogP) is 4.76. The summed E-state index contributed by atoms with van der Waals surface area (Å²) in [5, 5.41) is 12.6. The maximum absolute atomic E-state index is 13.1. The SMILES string of the molecule is COc1ccc(-n2c(SC(C)C(=O)NC3CCCC(C)C3C)nnc2-c2ccncc2)cc1. The maximum atomic E-state index is 13.1. The number of hydrogen-bond donors (Lipinski definition) is 1. The second-order valence-corrected chi connectivity index (χ2v) is 10.0. The van der Waals surface area contributed by atoms with Crippen LogP contribution in [0.2, 0.25) is 0 Å². The first-order valence-corrected chi connectivity index (χ1v) is 12.3. The number of rotatable bonds is 7. The van der Waals surface area contributed by atoms with E-state index in [9.17, 15) is 4.79 Å². The zero-order valence-corrected chi connectivity index (χ0v) is 20.4. The molecule has 1 aliphatic rings. The molecule has 2 heterocycles. The lowest BCUT2D eigenvalue weighted by atomic mass is 9.78. The molecule has 1 saturated carbocycles. The summed E-state index contributed by atoms with van der Waals surface area (Å²) in [6.45, 7) is 6.45. The van der Waals surface area contributed by atoms with Gasteiger partial charge in [0.2, 0.25) is 5.91 Å². The summed E-state index contributed by atoms with van der Waals surface area (Å²) in [7, 11) is 1.64. The van der Waals surface area contributed by atoms with Crippen molar-refractivity contribution in [3.63, 3.8) is 0 Å². The fraction of sp³-hybridized carbons (Fsp3) is 0.440. The van der Waals surface area contributed by atoms with Gasteiger partial charge in [0.05, 0.1) is 12.4 Å². The first-order chi connectivity index (χ1) is 16.0. The summed E-state index contributed by atoms with van der Waals surface area (Å²) < 4.78 is 7.29. The highest BCUT2D eigenvalue weighted by atomic mass is 32.2. The predicted molar refractivity (Wildman–Crippen MR) is 131 cm³/mol. The fourth-order valence-corrected chi connectivity index (χ4v) is 5.17. The molecule has 0 aliphatic heterocycles. The summed E-state index contributed by atoms with van der Waals surface area (Å²) in [5.41, 5.74) is 1.81. The lowest BCUT2D eigenvalue weighted by molar-refractivity contribution is -0.121. The molecule has 0 radical (unpaired) electrons. The van der Waals surface area contributed by atoms with E-state index >= 15 is 0 Å². The molecule has 8 heteroatoms. The number of amides is 1. The molecule has 3 aromatic rings. The topological polar surface area (TPSA) is 81.9 Å². The van der Waals surface area contributed by atoms with Gasteiger partial charge in [0.1, 0.15) is 5.75 Å². The number of pyridine rings is 1. The van der Waals surface area contributed by atoms with E-state index in [1.54, 1.807) is 19.5 Å². The molecule has 1 N–H and O–H groups in total. The third-order valence-corrected chi connectivity index (χ3v) is 7.63. The minimum atomic E-state index is -0.305. The number of nitrogens with one attached hydrogen (secondary N) is 1. The third kappa shape index (κ3) is 5.21. The van der Waals surface area contributed by atoms with Gasteiger partial charge in [-0.1, -0.05) is 38.5 Å². The molecule has 33 heavy (non-hydrogen) atoms. The Labute approximate surface area is 199 Å². The van der Waals surface area contributed by atoms with E-state index in [0.717, 1.165) is 23.4 Å². The zero-order valence-electron chi connectivity index (χ0n) is 19.6. The van der Waals surface area contributed by atoms with Gasteiger partial charge in [-0.3, -0.25) is 14.3 Å². The lowest BCUT2D eigenvalue weighted by Crippen LogP contribution is -2.46. The Balaban J connectivity index is 1.59. The Morgan fingerprint density at radius 1 is 1.12 bits per heavy atom. The Morgan fingerprint density at radius 2 is 1.85 bits per heavy atom. The molecule has 0 bridgehead atoms. The van der Waals surface area contributed by atoms with Crippen LogP contribution in [0.1, 0.15) is 40.0 Å². The smallest absolute Gasteiger partial charge is 0.233 e. The van der Waals surface area contributed by atoms with Crippen molar-refractivity contribution >= 4 is 17.7 Å². The molecule has 0 spiro atoms. The number of aromatic nitrogens is 4. The van der Waals surface area contributed by atoms with E-state index in [2.05, 4.69) is 34.3 Å². The maximum Gasteiger partial charge on any atom is 0.233 e. The fourth-order valence-electron chi connectivity index (χ4n) is 4.30. The largest absolute Gasteiger partial charge is 0.497 e. The van der Waals surface area contributed by atoms with Gasteiger partial charge in [-0.25, -0.2) is 0 Å². The van der Waals surface area contributed by atoms with Crippen LogP contribution in [0.25, 0.3) is 17.1 Å². The van der Waals surface area contributed by atoms with E-state index in [1.165, 1.54) is 24.6 Å². The van der Waals surface area contributed by atoms with Crippen LogP contribution in [-0.2, 0) is 4.79 Å². The first kappa shape index (κ1) is 23.3. The third-order valence-electron chi connectivity index (χ3n) is 6.59. The molecule has 1 aromatic carbocycles. The number of hydrogen-bond acceptors (Lipinski definition) is 6. The Bertz CT molecular complexity index is 1070. The molecule has 4 atom stereocenters. The van der Waals surface area contributed by atoms with Crippen LogP contribution in [-0.4, -0.2) is 44.1 Å². The second kappa shape index (κ2) is 10.4. The van der Waals surface area contributed by atoms with Crippen LogP contribution in [0, 0.1) is 11.8 Å². The zero-order chi connectivity index (χ0) is 23.4. The quantitative estimate of drug-likeness (QED) is 0.507. The summed E-state index contributed by atoms with van der Waals surface area (Å²) in [6.07, 6.45) is 6.91. The van der Waals surface area contributed by atoms with Gasteiger partial charge >= 0.3 is 0 Å². The molecular weight excluding hydrogens is 434 g/mol. The minimum Gasteiger partial charge on any atom is -0.497 e. The molecule has 2 aromatic heterocycles. The van der Waals surface area contributed by atoms with Crippen molar-refractivity contribution in [3.8, 4) is 22.8 Å². The standard InChI is InChI=1S/C25H31N5O2S/c1-16-6-5-7-22(17(16)2)27-24(31)18(3)33-25-29-28-23(19-12-14-26-15-13-19)30(25)20-8-10-21(32-4)11-9-20/h8-18,22H,5-7H2,1-4H3,(H,27,31). The van der Waals surface area contributed by atoms with Crippen molar-refractivity contribution in [3.05, 3.63) is 48.8 Å². The highest BCUT2D eigenvalue weighted by Crippen LogP contribution is 2.32. The van der Waals surface area contributed by atoms with E-state index in [0.29, 0.717) is 22.8 Å². The van der Waals surface area contributed by atoms with E-state index in [1.807, 2.05) is 47.9 Å². The van der Waals surface area contributed by atoms with E-state index in [-0.39, 0.29) is 17.2 Å². The van der Waals surface area contributed by atoms with Crippen LogP contribution in [0.15, 0.2) is 53.9 Å². The Kier molecular flexibility index (Phi) is 7.33. The van der Waals surface area contributed by atoms with E-state index < -0.39 is 0 Å². The molecular formula is C25H31N5O2S. The van der Waals surface area contributed by atoms with E-state index in [4.69, 9.17) is 4.74 Å². The highest BCUT2D eigenvalue weighted by molar-refractivity contribution is 8.00. The van der Waals surface area contributed by atoms with Gasteiger partial charge in [-0.15, -0.1) is 10.2 Å². The number of carbonyl (C=O) groups is 1. The minimum absolute atomic E-state index is 0.0423. The number of benzene rings is 1. The van der Waals surface area contributed by atoms with Crippen LogP contribution >= 0.6 is 11.8 Å². The molecule has 1 fully saturated rings. The van der Waals surface area contributed by atoms with Crippen molar-refractivity contribution < 1.29 is 9.53 Å². The van der Waals surface area contributed by atoms with Crippen LogP contribution < -0.4 is 10.1 Å². The Hall–Kier alpha value is -2.87. The summed E-state index contributed by atoms with van der Waals surface area (Å²) in [6, 6.07) is 11.8. The molecule has 7 nitrogen and oxygen atoms in total. The lowest BCUT2D eigenvalue weighted by Gasteiger charge is -2.35. The average Bonchev–Trinajstić information content (AvgIpc) is 3.26. The van der Waals surface area contributed by atoms with Crippen LogP contribution in [0.5, 0.6) is 5.75 Å². The molecule has 4 unspecified atom stereocenters. The monoisotopic (exact) mass is 465 g/mol. The van der Waals surface area contributed by atoms with Gasteiger partial charge < -0.3 is 10.1 Å². The number of thioether (sulfide) groups is 1. The first-order valence-electron chi connectivity index (χ1n) is 11.4. The molecule has 1 amide bonds. The van der Waals surface area contributed by atoms with Gasteiger partial charge in [0, 0.05) is 29.7 Å². The van der Waals surface area contributed by atoms with Gasteiger partial charge in [0.15, 0.2) is 11.0 Å². The van der Waals surface area contributed by atoms with Gasteiger partial charge in [0.25, 0.3) is 0 Å². The summed E-state index contributed by atoms with van der Waals surface area (Å²) >= 11 is 1.42. The van der Waals surface area contributed by atoms with Gasteiger partial charge in [-0.05, 0) is 61.6 Å². The van der Waals surface area contributed by atoms with Crippen molar-refractivity contribution in [2.24, 2.45) is 11.8 Å². The molecule has 4 rings (SSSR count). The van der Waals surface area contributed by atoms with Crippen molar-refractivity contribution in [1.82, 2.24) is 25.1 Å². The Morgan fingerprint density at radius 3 is 2.55 bits per heavy atom. The summed E-state index contributed by atoms with van der Waals surface area (Å²) in [5.74, 6) is 2.64. The second-order valence-electron chi connectivity index (χ2n) is 8.72. The van der Waals surface area contributed by atoms with Crippen LogP contribution in [0.4, 0.5) is 0 Å². The van der Waals surface area contributed by atoms with Crippen molar-refractivity contribution in [2.75, 3.05) is 7.11 Å². The highest BCUT2D eigenvalue weighted by Gasteiger charge is 2.30. The molecule has 0 saturated heterocycles. The molecule has 1 aliphatic carbocycles. The average molecular weight is 466 g/mol. The number of nitrogens with zero attached hydrogens (tertiary/aromatic N) is 4. The number of carbonyl (C=O) groups excluding carboxylic acids is 1. The number of ether oxygens (including phenoxy) is 1. The number of methoxy groups -OCH3 is 1. The van der Waals surface area contributed by atoms with Gasteiger partial charge in [-0.2, -0.15) is 0 Å². The summed E-state index contributed by atoms with van der Waals surface area (Å²) in [4.78, 5) is 17.2.